The normalized spacial score (nSPS) is 14.5. The van der Waals surface area contributed by atoms with Crippen LogP contribution in [-0.2, 0) is 0 Å². The lowest BCUT2D eigenvalue weighted by Crippen LogP contribution is -2.30. The molecule has 1 saturated heterocycles. The molecule has 1 amide bonds. The zero-order chi connectivity index (χ0) is 16.9. The molecule has 0 spiro atoms. The first-order valence-corrected chi connectivity index (χ1v) is 9.78. The van der Waals surface area contributed by atoms with Crippen LogP contribution in [-0.4, -0.2) is 25.3 Å². The van der Waals surface area contributed by atoms with E-state index < -0.39 is 0 Å². The fourth-order valence-electron chi connectivity index (χ4n) is 2.98. The minimum Gasteiger partial charge on any atom is -0.370 e. The van der Waals surface area contributed by atoms with Gasteiger partial charge in [0.1, 0.15) is 0 Å². The lowest BCUT2D eigenvalue weighted by Gasteiger charge is -2.30. The lowest BCUT2D eigenvalue weighted by atomic mass is 10.1. The summed E-state index contributed by atoms with van der Waals surface area (Å²) in [7, 11) is 0. The Morgan fingerprint density at radius 3 is 2.62 bits per heavy atom. The summed E-state index contributed by atoms with van der Waals surface area (Å²) in [4.78, 5) is 16.1. The SMILES string of the molecule is CSc1ccc(Cl)c(C(=O)Nc2ccccc2N2CCCCC2)c1. The highest BCUT2D eigenvalue weighted by atomic mass is 35.5. The van der Waals surface area contributed by atoms with Crippen LogP contribution in [0.25, 0.3) is 0 Å². The van der Waals surface area contributed by atoms with E-state index in [2.05, 4.69) is 16.3 Å². The van der Waals surface area contributed by atoms with E-state index in [9.17, 15) is 4.79 Å². The number of thioether (sulfide) groups is 1. The first-order valence-electron chi connectivity index (χ1n) is 8.18. The van der Waals surface area contributed by atoms with E-state index in [1.54, 1.807) is 17.8 Å². The second-order valence-corrected chi connectivity index (χ2v) is 7.15. The van der Waals surface area contributed by atoms with Crippen LogP contribution in [0.5, 0.6) is 0 Å². The number of rotatable bonds is 4. The number of nitrogens with one attached hydrogen (secondary N) is 1. The molecule has 0 aromatic heterocycles. The number of anilines is 2. The number of piperidine rings is 1. The van der Waals surface area contributed by atoms with E-state index in [4.69, 9.17) is 11.6 Å². The molecule has 1 aliphatic rings. The molecule has 1 heterocycles. The van der Waals surface area contributed by atoms with Crippen molar-refractivity contribution >= 4 is 40.6 Å². The first-order chi connectivity index (χ1) is 11.7. The molecule has 0 aliphatic carbocycles. The van der Waals surface area contributed by atoms with Crippen LogP contribution in [0, 0.1) is 0 Å². The van der Waals surface area contributed by atoms with Crippen molar-refractivity contribution in [2.45, 2.75) is 24.2 Å². The maximum absolute atomic E-state index is 12.7. The zero-order valence-corrected chi connectivity index (χ0v) is 15.3. The van der Waals surface area contributed by atoms with E-state index in [1.807, 2.05) is 36.6 Å². The minimum atomic E-state index is -0.166. The van der Waals surface area contributed by atoms with E-state index >= 15 is 0 Å². The number of para-hydroxylation sites is 2. The van der Waals surface area contributed by atoms with Crippen LogP contribution in [0.15, 0.2) is 47.4 Å². The number of amides is 1. The van der Waals surface area contributed by atoms with Gasteiger partial charge in [-0.05, 0) is 55.9 Å². The highest BCUT2D eigenvalue weighted by molar-refractivity contribution is 7.98. The molecular weight excluding hydrogens is 340 g/mol. The average molecular weight is 361 g/mol. The molecule has 24 heavy (non-hydrogen) atoms. The highest BCUT2D eigenvalue weighted by Crippen LogP contribution is 2.30. The number of hydrogen-bond donors (Lipinski definition) is 1. The molecule has 2 aromatic carbocycles. The van der Waals surface area contributed by atoms with Crippen molar-refractivity contribution in [1.29, 1.82) is 0 Å². The largest absolute Gasteiger partial charge is 0.370 e. The summed E-state index contributed by atoms with van der Waals surface area (Å²) in [6, 6.07) is 13.5. The summed E-state index contributed by atoms with van der Waals surface area (Å²) in [6.45, 7) is 2.07. The second kappa shape index (κ2) is 7.95. The van der Waals surface area contributed by atoms with Gasteiger partial charge in [0.15, 0.2) is 0 Å². The molecule has 0 radical (unpaired) electrons. The van der Waals surface area contributed by atoms with Gasteiger partial charge < -0.3 is 10.2 Å². The van der Waals surface area contributed by atoms with Crippen molar-refractivity contribution in [2.24, 2.45) is 0 Å². The maximum atomic E-state index is 12.7. The summed E-state index contributed by atoms with van der Waals surface area (Å²) < 4.78 is 0. The first kappa shape index (κ1) is 17.2. The predicted molar refractivity (Wildman–Crippen MR) is 104 cm³/mol. The van der Waals surface area contributed by atoms with E-state index in [1.165, 1.54) is 19.3 Å². The van der Waals surface area contributed by atoms with Crippen molar-refractivity contribution in [3.8, 4) is 0 Å². The predicted octanol–water partition coefficient (Wildman–Crippen LogP) is 5.30. The monoisotopic (exact) mass is 360 g/mol. The molecule has 5 heteroatoms. The average Bonchev–Trinajstić information content (AvgIpc) is 2.63. The molecule has 0 unspecified atom stereocenters. The second-order valence-electron chi connectivity index (χ2n) is 5.86. The van der Waals surface area contributed by atoms with Crippen molar-refractivity contribution in [3.05, 3.63) is 53.1 Å². The van der Waals surface area contributed by atoms with Gasteiger partial charge in [-0.25, -0.2) is 0 Å². The third-order valence-electron chi connectivity index (χ3n) is 4.27. The summed E-state index contributed by atoms with van der Waals surface area (Å²) >= 11 is 7.82. The molecule has 0 saturated carbocycles. The van der Waals surface area contributed by atoms with Crippen molar-refractivity contribution in [1.82, 2.24) is 0 Å². The van der Waals surface area contributed by atoms with Gasteiger partial charge in [0.25, 0.3) is 5.91 Å². The van der Waals surface area contributed by atoms with Gasteiger partial charge in [-0.15, -0.1) is 11.8 Å². The summed E-state index contributed by atoms with van der Waals surface area (Å²) in [6.07, 6.45) is 5.66. The minimum absolute atomic E-state index is 0.166. The summed E-state index contributed by atoms with van der Waals surface area (Å²) in [5.74, 6) is -0.166. The van der Waals surface area contributed by atoms with Crippen LogP contribution in [0.2, 0.25) is 5.02 Å². The number of nitrogens with zero attached hydrogens (tertiary/aromatic N) is 1. The Bertz CT molecular complexity index is 729. The topological polar surface area (TPSA) is 32.3 Å². The van der Waals surface area contributed by atoms with Crippen LogP contribution >= 0.6 is 23.4 Å². The molecular formula is C19H21ClN2OS. The Balaban J connectivity index is 1.84. The van der Waals surface area contributed by atoms with Gasteiger partial charge in [0.2, 0.25) is 0 Å². The molecule has 0 bridgehead atoms. The van der Waals surface area contributed by atoms with Crippen molar-refractivity contribution in [3.63, 3.8) is 0 Å². The smallest absolute Gasteiger partial charge is 0.257 e. The summed E-state index contributed by atoms with van der Waals surface area (Å²) in [5, 5.41) is 3.51. The molecule has 1 N–H and O–H groups in total. The van der Waals surface area contributed by atoms with Gasteiger partial charge >= 0.3 is 0 Å². The molecule has 3 nitrogen and oxygen atoms in total. The van der Waals surface area contributed by atoms with Crippen LogP contribution in [0.4, 0.5) is 11.4 Å². The van der Waals surface area contributed by atoms with Gasteiger partial charge in [0, 0.05) is 18.0 Å². The van der Waals surface area contributed by atoms with E-state index in [0.29, 0.717) is 10.6 Å². The molecule has 1 fully saturated rings. The third-order valence-corrected chi connectivity index (χ3v) is 5.32. The van der Waals surface area contributed by atoms with Crippen LogP contribution < -0.4 is 10.2 Å². The lowest BCUT2D eigenvalue weighted by molar-refractivity contribution is 0.102. The zero-order valence-electron chi connectivity index (χ0n) is 13.7. The quantitative estimate of drug-likeness (QED) is 0.750. The Labute approximate surface area is 152 Å². The van der Waals surface area contributed by atoms with Crippen molar-refractivity contribution in [2.75, 3.05) is 29.6 Å². The molecule has 2 aromatic rings. The highest BCUT2D eigenvalue weighted by Gasteiger charge is 2.17. The van der Waals surface area contributed by atoms with Crippen LogP contribution in [0.3, 0.4) is 0 Å². The third kappa shape index (κ3) is 3.87. The number of carbonyl (C=O) groups is 1. The van der Waals surface area contributed by atoms with Gasteiger partial charge in [-0.3, -0.25) is 4.79 Å². The van der Waals surface area contributed by atoms with Crippen molar-refractivity contribution < 1.29 is 4.79 Å². The number of halogens is 1. The fourth-order valence-corrected chi connectivity index (χ4v) is 3.63. The van der Waals surface area contributed by atoms with Gasteiger partial charge in [0.05, 0.1) is 22.0 Å². The molecule has 0 atom stereocenters. The standard InChI is InChI=1S/C19H21ClN2OS/c1-24-14-9-10-16(20)15(13-14)19(23)21-17-7-3-4-8-18(17)22-11-5-2-6-12-22/h3-4,7-10,13H,2,5-6,11-12H2,1H3,(H,21,23). The van der Waals surface area contributed by atoms with E-state index in [-0.39, 0.29) is 5.91 Å². The number of hydrogen-bond acceptors (Lipinski definition) is 3. The Morgan fingerprint density at radius 1 is 1.12 bits per heavy atom. The molecule has 1 aliphatic heterocycles. The fraction of sp³-hybridized carbons (Fsp3) is 0.316. The number of carbonyl (C=O) groups excluding carboxylic acids is 1. The maximum Gasteiger partial charge on any atom is 0.257 e. The van der Waals surface area contributed by atoms with Gasteiger partial charge in [-0.2, -0.15) is 0 Å². The number of benzene rings is 2. The summed E-state index contributed by atoms with van der Waals surface area (Å²) in [5.41, 5.74) is 2.44. The Kier molecular flexibility index (Phi) is 5.69. The molecule has 3 rings (SSSR count). The molecule has 126 valence electrons. The van der Waals surface area contributed by atoms with Crippen LogP contribution in [0.1, 0.15) is 29.6 Å². The Morgan fingerprint density at radius 2 is 1.88 bits per heavy atom. The van der Waals surface area contributed by atoms with Gasteiger partial charge in [-0.1, -0.05) is 23.7 Å². The van der Waals surface area contributed by atoms with E-state index in [0.717, 1.165) is 29.4 Å². The Hall–Kier alpha value is -1.65.